The van der Waals surface area contributed by atoms with E-state index in [1.54, 1.807) is 24.3 Å². The average molecular weight is 370 g/mol. The van der Waals surface area contributed by atoms with Crippen LogP contribution in [0.4, 0.5) is 5.69 Å². The minimum Gasteiger partial charge on any atom is -0.465 e. The molecule has 1 saturated carbocycles. The molecule has 1 fully saturated rings. The van der Waals surface area contributed by atoms with Crippen LogP contribution >= 0.6 is 11.3 Å². The largest absolute Gasteiger partial charge is 0.465 e. The molecule has 0 spiro atoms. The van der Waals surface area contributed by atoms with Gasteiger partial charge in [-0.3, -0.25) is 9.69 Å². The first-order chi connectivity index (χ1) is 12.7. The van der Waals surface area contributed by atoms with E-state index in [9.17, 15) is 9.59 Å². The normalized spacial score (nSPS) is 19.7. The van der Waals surface area contributed by atoms with Crippen LogP contribution in [0.1, 0.15) is 39.7 Å². The molecule has 5 nitrogen and oxygen atoms in total. The Bertz CT molecular complexity index is 811. The Morgan fingerprint density at radius 2 is 2.00 bits per heavy atom. The summed E-state index contributed by atoms with van der Waals surface area (Å²) in [6.45, 7) is 1.33. The van der Waals surface area contributed by atoms with E-state index >= 15 is 0 Å². The van der Waals surface area contributed by atoms with Crippen molar-refractivity contribution in [2.24, 2.45) is 5.92 Å². The van der Waals surface area contributed by atoms with Gasteiger partial charge in [0.2, 0.25) is 5.91 Å². The first-order valence-electron chi connectivity index (χ1n) is 8.94. The number of esters is 1. The van der Waals surface area contributed by atoms with E-state index in [1.807, 2.05) is 11.3 Å². The van der Waals surface area contributed by atoms with Crippen LogP contribution < -0.4 is 5.32 Å². The van der Waals surface area contributed by atoms with E-state index in [1.165, 1.54) is 30.4 Å². The van der Waals surface area contributed by atoms with Crippen LogP contribution in [0.15, 0.2) is 35.7 Å². The van der Waals surface area contributed by atoms with Crippen molar-refractivity contribution in [2.75, 3.05) is 25.5 Å². The summed E-state index contributed by atoms with van der Waals surface area (Å²) in [5.74, 6) is 0.297. The molecule has 26 heavy (non-hydrogen) atoms. The van der Waals surface area contributed by atoms with Crippen LogP contribution in [0.5, 0.6) is 0 Å². The van der Waals surface area contributed by atoms with Gasteiger partial charge in [0, 0.05) is 23.2 Å². The molecule has 136 valence electrons. The first-order valence-corrected chi connectivity index (χ1v) is 9.82. The van der Waals surface area contributed by atoms with Gasteiger partial charge in [0.1, 0.15) is 0 Å². The number of hydrogen-bond acceptors (Lipinski definition) is 5. The first kappa shape index (κ1) is 17.2. The van der Waals surface area contributed by atoms with Gasteiger partial charge < -0.3 is 10.1 Å². The zero-order valence-corrected chi connectivity index (χ0v) is 15.6. The van der Waals surface area contributed by atoms with Crippen molar-refractivity contribution in [1.82, 2.24) is 4.90 Å². The maximum absolute atomic E-state index is 12.6. The van der Waals surface area contributed by atoms with Gasteiger partial charge in [-0.1, -0.05) is 0 Å². The van der Waals surface area contributed by atoms with Gasteiger partial charge in [0.25, 0.3) is 0 Å². The lowest BCUT2D eigenvalue weighted by Gasteiger charge is -2.35. The molecule has 1 aromatic heterocycles. The number of ether oxygens (including phenoxy) is 1. The van der Waals surface area contributed by atoms with Gasteiger partial charge >= 0.3 is 5.97 Å². The monoisotopic (exact) mass is 370 g/mol. The molecule has 6 heteroatoms. The number of anilines is 1. The average Bonchev–Trinajstić information content (AvgIpc) is 3.37. The molecule has 1 amide bonds. The second kappa shape index (κ2) is 7.21. The Labute approximate surface area is 157 Å². The smallest absolute Gasteiger partial charge is 0.337 e. The molecular weight excluding hydrogens is 348 g/mol. The Morgan fingerprint density at radius 3 is 2.69 bits per heavy atom. The van der Waals surface area contributed by atoms with E-state index in [0.717, 1.165) is 13.0 Å². The van der Waals surface area contributed by atoms with Gasteiger partial charge in [-0.05, 0) is 66.5 Å². The predicted molar refractivity (Wildman–Crippen MR) is 101 cm³/mol. The molecule has 0 bridgehead atoms. The molecule has 1 aliphatic heterocycles. The minimum atomic E-state index is -0.380. The van der Waals surface area contributed by atoms with Crippen molar-refractivity contribution in [3.05, 3.63) is 51.7 Å². The molecule has 1 aliphatic carbocycles. The number of methoxy groups -OCH3 is 1. The molecule has 1 atom stereocenters. The number of rotatable bonds is 5. The van der Waals surface area contributed by atoms with E-state index in [-0.39, 0.29) is 11.9 Å². The zero-order chi connectivity index (χ0) is 18.1. The van der Waals surface area contributed by atoms with E-state index in [4.69, 9.17) is 0 Å². The van der Waals surface area contributed by atoms with Crippen molar-refractivity contribution >= 4 is 28.9 Å². The molecule has 2 aliphatic rings. The maximum atomic E-state index is 12.6. The van der Waals surface area contributed by atoms with Crippen molar-refractivity contribution in [3.8, 4) is 0 Å². The summed E-state index contributed by atoms with van der Waals surface area (Å²) in [4.78, 5) is 27.8. The van der Waals surface area contributed by atoms with Crippen molar-refractivity contribution in [3.63, 3.8) is 0 Å². The molecule has 0 saturated heterocycles. The second-order valence-corrected chi connectivity index (χ2v) is 7.92. The highest BCUT2D eigenvalue weighted by atomic mass is 32.1. The molecular formula is C20H22N2O3S. The standard InChI is InChI=1S/C20H22N2O3S/c1-25-20(24)14-4-6-15(7-5-14)21-18(23)12-22-10-8-17-16(9-11-26-17)19(22)13-2-3-13/h4-7,9,11,13,19H,2-3,8,10,12H2,1H3,(H,21,23)/t19-/m1/s1. The number of nitrogens with one attached hydrogen (secondary N) is 1. The van der Waals surface area contributed by atoms with Gasteiger partial charge in [0.15, 0.2) is 0 Å². The molecule has 1 N–H and O–H groups in total. The highest BCUT2D eigenvalue weighted by Crippen LogP contribution is 2.48. The van der Waals surface area contributed by atoms with Gasteiger partial charge in [-0.25, -0.2) is 4.79 Å². The Kier molecular flexibility index (Phi) is 4.78. The summed E-state index contributed by atoms with van der Waals surface area (Å²) in [5, 5.41) is 5.11. The third kappa shape index (κ3) is 3.52. The van der Waals surface area contributed by atoms with Gasteiger partial charge in [-0.2, -0.15) is 0 Å². The lowest BCUT2D eigenvalue weighted by molar-refractivity contribution is -0.118. The highest BCUT2D eigenvalue weighted by molar-refractivity contribution is 7.10. The van der Waals surface area contributed by atoms with Crippen LogP contribution in [-0.2, 0) is 16.0 Å². The van der Waals surface area contributed by atoms with Crippen LogP contribution in [0.25, 0.3) is 0 Å². The van der Waals surface area contributed by atoms with Crippen LogP contribution in [-0.4, -0.2) is 37.0 Å². The van der Waals surface area contributed by atoms with E-state index in [2.05, 4.69) is 26.4 Å². The maximum Gasteiger partial charge on any atom is 0.337 e. The summed E-state index contributed by atoms with van der Waals surface area (Å²) < 4.78 is 4.69. The molecule has 2 heterocycles. The lowest BCUT2D eigenvalue weighted by atomic mass is 9.96. The zero-order valence-electron chi connectivity index (χ0n) is 14.7. The number of benzene rings is 1. The second-order valence-electron chi connectivity index (χ2n) is 6.92. The fraction of sp³-hybridized carbons (Fsp3) is 0.400. The topological polar surface area (TPSA) is 58.6 Å². The Morgan fingerprint density at radius 1 is 1.23 bits per heavy atom. The van der Waals surface area contributed by atoms with Crippen LogP contribution in [0.3, 0.4) is 0 Å². The van der Waals surface area contributed by atoms with Crippen LogP contribution in [0.2, 0.25) is 0 Å². The number of nitrogens with zero attached hydrogens (tertiary/aromatic N) is 1. The molecule has 4 rings (SSSR count). The molecule has 0 radical (unpaired) electrons. The summed E-state index contributed by atoms with van der Waals surface area (Å²) >= 11 is 1.84. The fourth-order valence-corrected chi connectivity index (χ4v) is 4.65. The van der Waals surface area contributed by atoms with Gasteiger partial charge in [-0.15, -0.1) is 11.3 Å². The lowest BCUT2D eigenvalue weighted by Crippen LogP contribution is -2.41. The summed E-state index contributed by atoms with van der Waals surface area (Å²) in [6, 6.07) is 9.40. The summed E-state index contributed by atoms with van der Waals surface area (Å²) in [7, 11) is 1.35. The number of hydrogen-bond donors (Lipinski definition) is 1. The number of carbonyl (C=O) groups excluding carboxylic acids is 2. The third-order valence-corrected chi connectivity index (χ3v) is 6.12. The summed E-state index contributed by atoms with van der Waals surface area (Å²) in [6.07, 6.45) is 3.54. The number of fused-ring (bicyclic) bond motifs is 1. The minimum absolute atomic E-state index is 0.0138. The Hall–Kier alpha value is -2.18. The van der Waals surface area contributed by atoms with Crippen molar-refractivity contribution in [2.45, 2.75) is 25.3 Å². The molecule has 2 aromatic rings. The molecule has 0 unspecified atom stereocenters. The highest BCUT2D eigenvalue weighted by Gasteiger charge is 2.40. The summed E-state index contributed by atoms with van der Waals surface area (Å²) in [5.41, 5.74) is 2.60. The quantitative estimate of drug-likeness (QED) is 0.819. The number of amides is 1. The number of carbonyl (C=O) groups is 2. The number of thiophene rings is 1. The SMILES string of the molecule is COC(=O)c1ccc(NC(=O)CN2CCc3sccc3[C@H]2C2CC2)cc1. The predicted octanol–water partition coefficient (Wildman–Crippen LogP) is 3.48. The third-order valence-electron chi connectivity index (χ3n) is 5.12. The van der Waals surface area contributed by atoms with Gasteiger partial charge in [0.05, 0.1) is 19.2 Å². The fourth-order valence-electron chi connectivity index (χ4n) is 3.73. The van der Waals surface area contributed by atoms with Crippen molar-refractivity contribution in [1.29, 1.82) is 0 Å². The Balaban J connectivity index is 1.41. The van der Waals surface area contributed by atoms with Crippen molar-refractivity contribution < 1.29 is 14.3 Å². The van der Waals surface area contributed by atoms with E-state index < -0.39 is 0 Å². The van der Waals surface area contributed by atoms with Crippen LogP contribution in [0, 0.1) is 5.92 Å². The van der Waals surface area contributed by atoms with E-state index in [0.29, 0.717) is 29.8 Å². The molecule has 1 aromatic carbocycles.